The van der Waals surface area contributed by atoms with Crippen molar-refractivity contribution in [2.24, 2.45) is 0 Å². The molecule has 1 saturated carbocycles. The fourth-order valence-electron chi connectivity index (χ4n) is 2.49. The van der Waals surface area contributed by atoms with Gasteiger partial charge in [-0.3, -0.25) is 10.1 Å². The van der Waals surface area contributed by atoms with Gasteiger partial charge in [-0.15, -0.1) is 0 Å². The first-order valence-corrected chi connectivity index (χ1v) is 7.69. The Bertz CT molecular complexity index is 574. The SMILES string of the molecule is C[C@@H](Oc1ccc(F)c(F)c1)C(=O)NC(=O)NC1CCCCC1. The van der Waals surface area contributed by atoms with E-state index in [-0.39, 0.29) is 11.8 Å². The van der Waals surface area contributed by atoms with E-state index in [4.69, 9.17) is 4.74 Å². The van der Waals surface area contributed by atoms with Crippen LogP contribution in [-0.4, -0.2) is 24.1 Å². The van der Waals surface area contributed by atoms with Crippen molar-refractivity contribution in [1.29, 1.82) is 0 Å². The number of urea groups is 1. The molecular weight excluding hydrogens is 306 g/mol. The van der Waals surface area contributed by atoms with Gasteiger partial charge in [0.15, 0.2) is 17.7 Å². The lowest BCUT2D eigenvalue weighted by atomic mass is 9.96. The van der Waals surface area contributed by atoms with E-state index < -0.39 is 29.7 Å². The Balaban J connectivity index is 1.81. The van der Waals surface area contributed by atoms with Gasteiger partial charge >= 0.3 is 6.03 Å². The minimum atomic E-state index is -1.06. The maximum atomic E-state index is 13.1. The zero-order chi connectivity index (χ0) is 16.8. The van der Waals surface area contributed by atoms with Crippen LogP contribution >= 0.6 is 0 Å². The summed E-state index contributed by atoms with van der Waals surface area (Å²) < 4.78 is 31.1. The quantitative estimate of drug-likeness (QED) is 0.894. The van der Waals surface area contributed by atoms with Crippen LogP contribution in [-0.2, 0) is 4.79 Å². The van der Waals surface area contributed by atoms with Crippen LogP contribution in [0.25, 0.3) is 0 Å². The second-order valence-corrected chi connectivity index (χ2v) is 5.63. The molecule has 1 atom stereocenters. The first kappa shape index (κ1) is 17.2. The first-order valence-electron chi connectivity index (χ1n) is 7.69. The number of amides is 3. The number of hydrogen-bond acceptors (Lipinski definition) is 3. The Morgan fingerprint density at radius 1 is 1.17 bits per heavy atom. The van der Waals surface area contributed by atoms with Gasteiger partial charge in [0.2, 0.25) is 0 Å². The summed E-state index contributed by atoms with van der Waals surface area (Å²) in [4.78, 5) is 23.7. The predicted octanol–water partition coefficient (Wildman–Crippen LogP) is 2.89. The molecule has 0 saturated heterocycles. The van der Waals surface area contributed by atoms with Gasteiger partial charge in [0, 0.05) is 12.1 Å². The average Bonchev–Trinajstić information content (AvgIpc) is 2.51. The lowest BCUT2D eigenvalue weighted by Gasteiger charge is -2.23. The van der Waals surface area contributed by atoms with Crippen molar-refractivity contribution in [2.75, 3.05) is 0 Å². The van der Waals surface area contributed by atoms with Crippen LogP contribution in [0.2, 0.25) is 0 Å². The zero-order valence-corrected chi connectivity index (χ0v) is 12.9. The molecule has 1 aromatic carbocycles. The highest BCUT2D eigenvalue weighted by atomic mass is 19.2. The molecule has 1 aliphatic rings. The van der Waals surface area contributed by atoms with Gasteiger partial charge in [0.25, 0.3) is 5.91 Å². The predicted molar refractivity (Wildman–Crippen MR) is 80.0 cm³/mol. The van der Waals surface area contributed by atoms with E-state index in [1.165, 1.54) is 13.0 Å². The standard InChI is InChI=1S/C16H20F2N2O3/c1-10(23-12-7-8-13(17)14(18)9-12)15(21)20-16(22)19-11-5-3-2-4-6-11/h7-11H,2-6H2,1H3,(H2,19,20,21,22)/t10-/m1/s1. The lowest BCUT2D eigenvalue weighted by molar-refractivity contribution is -0.126. The highest BCUT2D eigenvalue weighted by Gasteiger charge is 2.21. The molecule has 0 heterocycles. The molecular formula is C16H20F2N2O3. The summed E-state index contributed by atoms with van der Waals surface area (Å²) in [6, 6.07) is 2.48. The summed E-state index contributed by atoms with van der Waals surface area (Å²) in [7, 11) is 0. The molecule has 2 rings (SSSR count). The molecule has 126 valence electrons. The number of ether oxygens (including phenoxy) is 1. The number of imide groups is 1. The number of hydrogen-bond donors (Lipinski definition) is 2. The molecule has 0 spiro atoms. The molecule has 0 aliphatic heterocycles. The Morgan fingerprint density at radius 2 is 1.87 bits per heavy atom. The largest absolute Gasteiger partial charge is 0.481 e. The third-order valence-corrected chi connectivity index (χ3v) is 3.75. The number of rotatable bonds is 4. The van der Waals surface area contributed by atoms with Crippen LogP contribution in [0.1, 0.15) is 39.0 Å². The van der Waals surface area contributed by atoms with E-state index in [0.29, 0.717) is 0 Å². The highest BCUT2D eigenvalue weighted by Crippen LogP contribution is 2.18. The Hall–Kier alpha value is -2.18. The summed E-state index contributed by atoms with van der Waals surface area (Å²) in [5, 5.41) is 4.94. The summed E-state index contributed by atoms with van der Waals surface area (Å²) in [5.74, 6) is -2.70. The van der Waals surface area contributed by atoms with Crippen molar-refractivity contribution in [3.05, 3.63) is 29.8 Å². The molecule has 1 fully saturated rings. The third kappa shape index (κ3) is 5.19. The Kier molecular flexibility index (Phi) is 5.90. The van der Waals surface area contributed by atoms with Crippen molar-refractivity contribution < 1.29 is 23.1 Å². The van der Waals surface area contributed by atoms with Gasteiger partial charge < -0.3 is 10.1 Å². The number of carbonyl (C=O) groups is 2. The summed E-state index contributed by atoms with van der Waals surface area (Å²) in [6.45, 7) is 1.42. The Morgan fingerprint density at radius 3 is 2.52 bits per heavy atom. The number of carbonyl (C=O) groups excluding carboxylic acids is 2. The van der Waals surface area contributed by atoms with Gasteiger partial charge in [-0.25, -0.2) is 13.6 Å². The third-order valence-electron chi connectivity index (χ3n) is 3.75. The molecule has 3 amide bonds. The van der Waals surface area contributed by atoms with E-state index in [9.17, 15) is 18.4 Å². The second-order valence-electron chi connectivity index (χ2n) is 5.63. The number of halogens is 2. The monoisotopic (exact) mass is 326 g/mol. The van der Waals surface area contributed by atoms with Crippen molar-refractivity contribution in [1.82, 2.24) is 10.6 Å². The van der Waals surface area contributed by atoms with E-state index in [0.717, 1.165) is 44.2 Å². The maximum absolute atomic E-state index is 13.1. The molecule has 7 heteroatoms. The van der Waals surface area contributed by atoms with Crippen LogP contribution < -0.4 is 15.4 Å². The van der Waals surface area contributed by atoms with Crippen LogP contribution in [0.3, 0.4) is 0 Å². The summed E-state index contributed by atoms with van der Waals surface area (Å²) in [6.07, 6.45) is 4.09. The van der Waals surface area contributed by atoms with Crippen LogP contribution in [0.15, 0.2) is 18.2 Å². The summed E-state index contributed by atoms with van der Waals surface area (Å²) in [5.41, 5.74) is 0. The van der Waals surface area contributed by atoms with Crippen molar-refractivity contribution >= 4 is 11.9 Å². The minimum Gasteiger partial charge on any atom is -0.481 e. The second kappa shape index (κ2) is 7.89. The van der Waals surface area contributed by atoms with Crippen LogP contribution in [0, 0.1) is 11.6 Å². The average molecular weight is 326 g/mol. The zero-order valence-electron chi connectivity index (χ0n) is 12.9. The van der Waals surface area contributed by atoms with Crippen molar-refractivity contribution in [2.45, 2.75) is 51.2 Å². The van der Waals surface area contributed by atoms with E-state index >= 15 is 0 Å². The molecule has 1 aromatic rings. The molecule has 23 heavy (non-hydrogen) atoms. The molecule has 0 aromatic heterocycles. The fourth-order valence-corrected chi connectivity index (χ4v) is 2.49. The van der Waals surface area contributed by atoms with Crippen molar-refractivity contribution in [3.63, 3.8) is 0 Å². The highest BCUT2D eigenvalue weighted by molar-refractivity contribution is 5.96. The van der Waals surface area contributed by atoms with Crippen LogP contribution in [0.5, 0.6) is 5.75 Å². The topological polar surface area (TPSA) is 67.4 Å². The van der Waals surface area contributed by atoms with E-state index in [2.05, 4.69) is 10.6 Å². The number of nitrogens with one attached hydrogen (secondary N) is 2. The minimum absolute atomic E-state index is 0.0132. The molecule has 2 N–H and O–H groups in total. The van der Waals surface area contributed by atoms with Crippen molar-refractivity contribution in [3.8, 4) is 5.75 Å². The van der Waals surface area contributed by atoms with E-state index in [1.54, 1.807) is 0 Å². The normalized spacial score (nSPS) is 16.5. The Labute approximate surface area is 133 Å². The molecule has 0 bridgehead atoms. The summed E-state index contributed by atoms with van der Waals surface area (Å²) >= 11 is 0. The molecule has 0 unspecified atom stereocenters. The smallest absolute Gasteiger partial charge is 0.321 e. The molecule has 1 aliphatic carbocycles. The van der Waals surface area contributed by atoms with Gasteiger partial charge in [0.05, 0.1) is 0 Å². The number of benzene rings is 1. The van der Waals surface area contributed by atoms with Gasteiger partial charge in [-0.2, -0.15) is 0 Å². The van der Waals surface area contributed by atoms with E-state index in [1.807, 2.05) is 0 Å². The first-order chi connectivity index (χ1) is 11.0. The molecule has 0 radical (unpaired) electrons. The van der Waals surface area contributed by atoms with Gasteiger partial charge in [-0.05, 0) is 31.9 Å². The van der Waals surface area contributed by atoms with Crippen LogP contribution in [0.4, 0.5) is 13.6 Å². The fraction of sp³-hybridized carbons (Fsp3) is 0.500. The molecule has 5 nitrogen and oxygen atoms in total. The maximum Gasteiger partial charge on any atom is 0.321 e. The van der Waals surface area contributed by atoms with Gasteiger partial charge in [0.1, 0.15) is 5.75 Å². The lowest BCUT2D eigenvalue weighted by Crippen LogP contribution is -2.48. The van der Waals surface area contributed by atoms with Gasteiger partial charge in [-0.1, -0.05) is 19.3 Å².